The molecule has 1 saturated heterocycles. The summed E-state index contributed by atoms with van der Waals surface area (Å²) in [4.78, 5) is 14.5. The maximum atomic E-state index is 13.2. The molecule has 0 aromatic heterocycles. The average molecular weight is 368 g/mol. The summed E-state index contributed by atoms with van der Waals surface area (Å²) in [6, 6.07) is 8.74. The van der Waals surface area contributed by atoms with Gasteiger partial charge in [-0.25, -0.2) is 0 Å². The molecule has 0 bridgehead atoms. The van der Waals surface area contributed by atoms with Crippen LogP contribution in [-0.4, -0.2) is 50.3 Å². The molecule has 0 atom stereocenters. The van der Waals surface area contributed by atoms with Gasteiger partial charge in [0.05, 0.1) is 26.4 Å². The fourth-order valence-corrected chi connectivity index (χ4v) is 3.92. The summed E-state index contributed by atoms with van der Waals surface area (Å²) in [5, 5.41) is 2.72. The highest BCUT2D eigenvalue weighted by molar-refractivity contribution is 7.58. The monoisotopic (exact) mass is 368 g/mol. The fourth-order valence-electron chi connectivity index (χ4n) is 2.35. The van der Waals surface area contributed by atoms with Crippen molar-refractivity contribution in [1.82, 2.24) is 10.2 Å². The van der Waals surface area contributed by atoms with Gasteiger partial charge < -0.3 is 24.0 Å². The molecule has 0 spiro atoms. The van der Waals surface area contributed by atoms with Crippen molar-refractivity contribution in [1.29, 1.82) is 0 Å². The second-order valence-corrected chi connectivity index (χ2v) is 7.31. The number of amides is 1. The molecule has 1 aliphatic heterocycles. The van der Waals surface area contributed by atoms with Gasteiger partial charge in [-0.3, -0.25) is 9.36 Å². The zero-order valence-electron chi connectivity index (χ0n) is 14.6. The van der Waals surface area contributed by atoms with E-state index in [1.54, 1.807) is 44.3 Å². The summed E-state index contributed by atoms with van der Waals surface area (Å²) in [5.41, 5.74) is 0.613. The quantitative estimate of drug-likeness (QED) is 0.711. The van der Waals surface area contributed by atoms with Crippen LogP contribution in [0.25, 0.3) is 0 Å². The first kappa shape index (κ1) is 19.7. The third kappa shape index (κ3) is 5.68. The molecule has 1 amide bonds. The minimum Gasteiger partial charge on any atom is -0.378 e. The highest BCUT2D eigenvalue weighted by atomic mass is 31.2. The van der Waals surface area contributed by atoms with Crippen molar-refractivity contribution < 1.29 is 23.1 Å². The number of carbonyl (C=O) groups is 1. The topological polar surface area (TPSA) is 77.1 Å². The fraction of sp³-hybridized carbons (Fsp3) is 0.471. The smallest absolute Gasteiger partial charge is 0.378 e. The van der Waals surface area contributed by atoms with Gasteiger partial charge in [0.2, 0.25) is 0 Å². The van der Waals surface area contributed by atoms with Gasteiger partial charge in [-0.05, 0) is 26.0 Å². The van der Waals surface area contributed by atoms with E-state index in [0.717, 1.165) is 0 Å². The van der Waals surface area contributed by atoms with Crippen molar-refractivity contribution >= 4 is 13.5 Å². The molecule has 1 aromatic rings. The zero-order chi connectivity index (χ0) is 18.1. The van der Waals surface area contributed by atoms with Crippen LogP contribution in [0.4, 0.5) is 0 Å². The van der Waals surface area contributed by atoms with E-state index in [4.69, 9.17) is 13.8 Å². The number of rotatable bonds is 8. The van der Waals surface area contributed by atoms with E-state index in [1.807, 2.05) is 11.0 Å². The van der Waals surface area contributed by atoms with Crippen LogP contribution in [0.1, 0.15) is 24.2 Å². The Bertz CT molecular complexity index is 619. The molecule has 0 saturated carbocycles. The van der Waals surface area contributed by atoms with Gasteiger partial charge in [0, 0.05) is 24.9 Å². The summed E-state index contributed by atoms with van der Waals surface area (Å²) in [6.45, 7) is 6.31. The van der Waals surface area contributed by atoms with E-state index >= 15 is 0 Å². The van der Waals surface area contributed by atoms with E-state index in [1.165, 1.54) is 0 Å². The average Bonchev–Trinajstić information content (AvgIpc) is 2.63. The number of hydrogen-bond acceptors (Lipinski definition) is 6. The number of nitrogens with zero attached hydrogens (tertiary/aromatic N) is 1. The number of carbonyl (C=O) groups excluding carboxylic acids is 1. The lowest BCUT2D eigenvalue weighted by Gasteiger charge is -2.28. The molecule has 0 unspecified atom stereocenters. The van der Waals surface area contributed by atoms with Crippen molar-refractivity contribution in [3.05, 3.63) is 47.5 Å². The van der Waals surface area contributed by atoms with Crippen LogP contribution in [0.5, 0.6) is 0 Å². The van der Waals surface area contributed by atoms with Gasteiger partial charge in [-0.1, -0.05) is 18.2 Å². The number of nitrogens with one attached hydrogen (secondary N) is 1. The summed E-state index contributed by atoms with van der Waals surface area (Å²) in [7, 11) is -3.62. The van der Waals surface area contributed by atoms with Crippen LogP contribution < -0.4 is 5.32 Å². The van der Waals surface area contributed by atoms with Gasteiger partial charge in [-0.2, -0.15) is 0 Å². The Hall–Kier alpha value is -1.66. The third-order valence-corrected chi connectivity index (χ3v) is 5.53. The molecule has 25 heavy (non-hydrogen) atoms. The van der Waals surface area contributed by atoms with Crippen molar-refractivity contribution in [2.75, 3.05) is 39.5 Å². The molecule has 7 nitrogen and oxygen atoms in total. The minimum absolute atomic E-state index is 0.145. The van der Waals surface area contributed by atoms with Crippen LogP contribution in [0.3, 0.4) is 0 Å². The highest BCUT2D eigenvalue weighted by Crippen LogP contribution is 2.54. The van der Waals surface area contributed by atoms with Crippen LogP contribution in [0, 0.1) is 0 Å². The largest absolute Gasteiger partial charge is 0.378 e. The van der Waals surface area contributed by atoms with Crippen LogP contribution in [0.2, 0.25) is 0 Å². The predicted octanol–water partition coefficient (Wildman–Crippen LogP) is 2.81. The number of benzene rings is 1. The lowest BCUT2D eigenvalue weighted by atomic mass is 10.2. The number of ether oxygens (including phenoxy) is 1. The summed E-state index contributed by atoms with van der Waals surface area (Å²) < 4.78 is 29.3. The molecule has 1 aliphatic rings. The molecule has 0 radical (unpaired) electrons. The summed E-state index contributed by atoms with van der Waals surface area (Å²) >= 11 is 0. The van der Waals surface area contributed by atoms with Crippen LogP contribution in [-0.2, 0) is 18.3 Å². The third-order valence-electron chi connectivity index (χ3n) is 3.52. The zero-order valence-corrected chi connectivity index (χ0v) is 15.5. The standard InChI is InChI=1S/C17H25N2O5P/c1-3-23-25(21,24-4-2)16(14-19-10-12-22-13-11-19)18-17(20)15-8-6-5-7-9-15/h5-9,14H,3-4,10-13H2,1-2H3,(H,18,20)/b16-14+. The van der Waals surface area contributed by atoms with Crippen LogP contribution >= 0.6 is 7.60 Å². The summed E-state index contributed by atoms with van der Waals surface area (Å²) in [5.74, 6) is -0.361. The Kier molecular flexibility index (Phi) is 7.65. The minimum atomic E-state index is -3.62. The Labute approximate surface area is 148 Å². The Balaban J connectivity index is 2.28. The van der Waals surface area contributed by atoms with Gasteiger partial charge in [0.25, 0.3) is 5.91 Å². The molecule has 0 aliphatic carbocycles. The number of morpholine rings is 1. The Morgan fingerprint density at radius 2 is 1.80 bits per heavy atom. The maximum Gasteiger partial charge on any atom is 0.378 e. The highest BCUT2D eigenvalue weighted by Gasteiger charge is 2.32. The van der Waals surface area contributed by atoms with Crippen molar-refractivity contribution in [2.45, 2.75) is 13.8 Å². The van der Waals surface area contributed by atoms with E-state index in [0.29, 0.717) is 31.9 Å². The molecule has 1 N–H and O–H groups in total. The SMILES string of the molecule is CCOP(=O)(OCC)/C(=C/N1CCOCC1)NC(=O)c1ccccc1. The Morgan fingerprint density at radius 3 is 2.36 bits per heavy atom. The first-order chi connectivity index (χ1) is 12.1. The van der Waals surface area contributed by atoms with Gasteiger partial charge in [-0.15, -0.1) is 0 Å². The van der Waals surface area contributed by atoms with E-state index in [-0.39, 0.29) is 24.6 Å². The normalized spacial score (nSPS) is 15.9. The van der Waals surface area contributed by atoms with Crippen molar-refractivity contribution in [2.24, 2.45) is 0 Å². The van der Waals surface area contributed by atoms with Gasteiger partial charge in [0.15, 0.2) is 0 Å². The first-order valence-corrected chi connectivity index (χ1v) is 9.93. The molecule has 1 fully saturated rings. The van der Waals surface area contributed by atoms with Crippen molar-refractivity contribution in [3.63, 3.8) is 0 Å². The Morgan fingerprint density at radius 1 is 1.20 bits per heavy atom. The first-order valence-electron chi connectivity index (χ1n) is 8.38. The van der Waals surface area contributed by atoms with Gasteiger partial charge >= 0.3 is 7.60 Å². The molecular formula is C17H25N2O5P. The molecule has 1 aromatic carbocycles. The predicted molar refractivity (Wildman–Crippen MR) is 95.2 cm³/mol. The number of hydrogen-bond donors (Lipinski definition) is 1. The lowest BCUT2D eigenvalue weighted by molar-refractivity contribution is 0.0588. The van der Waals surface area contributed by atoms with Gasteiger partial charge in [0.1, 0.15) is 5.44 Å². The lowest BCUT2D eigenvalue weighted by Crippen LogP contribution is -2.34. The molecule has 1 heterocycles. The molecule has 8 heteroatoms. The molecule has 138 valence electrons. The second kappa shape index (κ2) is 9.73. The van der Waals surface area contributed by atoms with Crippen LogP contribution in [0.15, 0.2) is 42.0 Å². The molecule has 2 rings (SSSR count). The second-order valence-electron chi connectivity index (χ2n) is 5.32. The molecular weight excluding hydrogens is 343 g/mol. The maximum absolute atomic E-state index is 13.2. The van der Waals surface area contributed by atoms with E-state index < -0.39 is 7.60 Å². The summed E-state index contributed by atoms with van der Waals surface area (Å²) in [6.07, 6.45) is 1.65. The van der Waals surface area contributed by atoms with E-state index in [9.17, 15) is 9.36 Å². The van der Waals surface area contributed by atoms with E-state index in [2.05, 4.69) is 5.32 Å². The van der Waals surface area contributed by atoms with Crippen molar-refractivity contribution in [3.8, 4) is 0 Å².